The summed E-state index contributed by atoms with van der Waals surface area (Å²) in [6.45, 7) is 5.75. The van der Waals surface area contributed by atoms with Gasteiger partial charge in [0.25, 0.3) is 0 Å². The number of nitrogens with zero attached hydrogens (tertiary/aromatic N) is 10. The molecule has 1 fully saturated rings. The third-order valence-electron chi connectivity index (χ3n) is 5.96. The Labute approximate surface area is 206 Å². The van der Waals surface area contributed by atoms with Crippen LogP contribution in [0.25, 0.3) is 17.0 Å². The lowest BCUT2D eigenvalue weighted by atomic mass is 10.2. The van der Waals surface area contributed by atoms with Gasteiger partial charge in [0, 0.05) is 44.5 Å². The van der Waals surface area contributed by atoms with E-state index < -0.39 is 0 Å². The van der Waals surface area contributed by atoms with Crippen molar-refractivity contribution in [3.63, 3.8) is 0 Å². The zero-order valence-corrected chi connectivity index (χ0v) is 19.9. The molecule has 0 aromatic carbocycles. The molecule has 3 N–H and O–H groups in total. The summed E-state index contributed by atoms with van der Waals surface area (Å²) in [6, 6.07) is 11.3. The minimum atomic E-state index is 0.593. The lowest BCUT2D eigenvalue weighted by Gasteiger charge is -2.32. The van der Waals surface area contributed by atoms with Crippen molar-refractivity contribution in [1.82, 2.24) is 49.9 Å². The van der Waals surface area contributed by atoms with Gasteiger partial charge in [-0.15, -0.1) is 10.2 Å². The predicted molar refractivity (Wildman–Crippen MR) is 136 cm³/mol. The van der Waals surface area contributed by atoms with Crippen LogP contribution in [0.15, 0.2) is 48.8 Å². The summed E-state index contributed by atoms with van der Waals surface area (Å²) in [7, 11) is 2.13. The van der Waals surface area contributed by atoms with Crippen molar-refractivity contribution in [3.05, 3.63) is 54.6 Å². The summed E-state index contributed by atoms with van der Waals surface area (Å²) in [5.41, 5.74) is 2.04. The van der Waals surface area contributed by atoms with Crippen LogP contribution in [0.3, 0.4) is 0 Å². The van der Waals surface area contributed by atoms with Crippen LogP contribution in [-0.4, -0.2) is 83.1 Å². The van der Waals surface area contributed by atoms with Crippen LogP contribution in [0.2, 0.25) is 0 Å². The monoisotopic (exact) mass is 483 g/mol. The van der Waals surface area contributed by atoms with Crippen LogP contribution < -0.4 is 15.5 Å². The summed E-state index contributed by atoms with van der Waals surface area (Å²) in [5.74, 6) is 3.97. The van der Waals surface area contributed by atoms with Crippen LogP contribution >= 0.6 is 0 Å². The Bertz CT molecular complexity index is 1470. The molecule has 0 bridgehead atoms. The number of fused-ring (bicyclic) bond motifs is 1. The van der Waals surface area contributed by atoms with Crippen molar-refractivity contribution >= 4 is 34.7 Å². The highest BCUT2D eigenvalue weighted by Crippen LogP contribution is 2.30. The van der Waals surface area contributed by atoms with Crippen molar-refractivity contribution in [2.75, 3.05) is 48.8 Å². The minimum absolute atomic E-state index is 0.593. The molecule has 182 valence electrons. The van der Waals surface area contributed by atoms with Crippen LogP contribution in [-0.2, 0) is 0 Å². The van der Waals surface area contributed by atoms with Gasteiger partial charge >= 0.3 is 0 Å². The van der Waals surface area contributed by atoms with Crippen LogP contribution in [0.5, 0.6) is 0 Å². The number of hydrogen-bond donors (Lipinski definition) is 3. The van der Waals surface area contributed by atoms with Gasteiger partial charge in [-0.2, -0.15) is 10.2 Å². The summed E-state index contributed by atoms with van der Waals surface area (Å²) < 4.78 is 1.74. The van der Waals surface area contributed by atoms with E-state index in [1.54, 1.807) is 16.9 Å². The van der Waals surface area contributed by atoms with E-state index in [-0.39, 0.29) is 0 Å². The summed E-state index contributed by atoms with van der Waals surface area (Å²) in [6.07, 6.45) is 3.38. The molecule has 1 aliphatic rings. The number of anilines is 5. The van der Waals surface area contributed by atoms with Crippen LogP contribution in [0.1, 0.15) is 5.82 Å². The molecule has 13 heteroatoms. The number of aromatic amines is 1. The highest BCUT2D eigenvalue weighted by atomic mass is 15.3. The van der Waals surface area contributed by atoms with Crippen molar-refractivity contribution in [2.24, 2.45) is 0 Å². The normalized spacial score (nSPS) is 14.3. The molecule has 6 rings (SSSR count). The molecule has 1 saturated heterocycles. The molecule has 6 heterocycles. The second kappa shape index (κ2) is 9.19. The van der Waals surface area contributed by atoms with Crippen molar-refractivity contribution in [1.29, 1.82) is 0 Å². The van der Waals surface area contributed by atoms with Gasteiger partial charge in [-0.1, -0.05) is 0 Å². The number of imidazole rings is 1. The highest BCUT2D eigenvalue weighted by molar-refractivity contribution is 5.78. The van der Waals surface area contributed by atoms with Crippen molar-refractivity contribution < 1.29 is 0 Å². The maximum absolute atomic E-state index is 4.70. The molecule has 0 saturated carbocycles. The van der Waals surface area contributed by atoms with Gasteiger partial charge in [-0.05, 0) is 38.2 Å². The Kier molecular flexibility index (Phi) is 5.58. The van der Waals surface area contributed by atoms with Crippen molar-refractivity contribution in [3.8, 4) is 11.4 Å². The van der Waals surface area contributed by atoms with E-state index in [4.69, 9.17) is 4.98 Å². The zero-order valence-electron chi connectivity index (χ0n) is 19.9. The molecule has 0 aliphatic carbocycles. The molecule has 0 atom stereocenters. The molecule has 5 aromatic heterocycles. The molecular weight excluding hydrogens is 458 g/mol. The molecule has 0 spiro atoms. The van der Waals surface area contributed by atoms with Crippen molar-refractivity contribution in [2.45, 2.75) is 6.92 Å². The fourth-order valence-electron chi connectivity index (χ4n) is 4.14. The zero-order chi connectivity index (χ0) is 24.5. The maximum atomic E-state index is 4.70. The standard InChI is InChI=1S/C23H25N13/c1-15-26-16(22-23(29-18-7-9-24-31-18)30-20-4-3-8-25-36(20)22)14-19(27-15)28-17-5-6-21(33-32-17)35-12-10-34(2)11-13-35/h3-9,14H,10-13H2,1-2H3,(H2,24,29,31)(H,26,27,28,32). The van der Waals surface area contributed by atoms with E-state index in [0.29, 0.717) is 46.1 Å². The van der Waals surface area contributed by atoms with Gasteiger partial charge in [-0.3, -0.25) is 5.10 Å². The third kappa shape index (κ3) is 4.38. The number of H-pyrrole nitrogens is 1. The molecule has 0 radical (unpaired) electrons. The quantitative estimate of drug-likeness (QED) is 0.327. The summed E-state index contributed by atoms with van der Waals surface area (Å²) in [4.78, 5) is 18.5. The summed E-state index contributed by atoms with van der Waals surface area (Å²) in [5, 5.41) is 26.7. The predicted octanol–water partition coefficient (Wildman–Crippen LogP) is 2.25. The first-order valence-corrected chi connectivity index (χ1v) is 11.6. The van der Waals surface area contributed by atoms with Gasteiger partial charge < -0.3 is 20.4 Å². The van der Waals surface area contributed by atoms with Gasteiger partial charge in [0.2, 0.25) is 0 Å². The van der Waals surface area contributed by atoms with Gasteiger partial charge in [0.15, 0.2) is 23.1 Å². The van der Waals surface area contributed by atoms with E-state index in [2.05, 4.69) is 62.9 Å². The van der Waals surface area contributed by atoms with E-state index >= 15 is 0 Å². The molecule has 0 amide bonds. The minimum Gasteiger partial charge on any atom is -0.353 e. The second-order valence-electron chi connectivity index (χ2n) is 8.58. The average molecular weight is 484 g/mol. The number of nitrogens with one attached hydrogen (secondary N) is 3. The smallest absolute Gasteiger partial charge is 0.162 e. The fraction of sp³-hybridized carbons (Fsp3) is 0.261. The van der Waals surface area contributed by atoms with E-state index in [1.807, 2.05) is 43.3 Å². The number of aromatic nitrogens is 9. The Morgan fingerprint density at radius 2 is 1.78 bits per heavy atom. The topological polar surface area (TPSA) is 141 Å². The first-order chi connectivity index (χ1) is 17.6. The average Bonchev–Trinajstić information content (AvgIpc) is 3.52. The maximum Gasteiger partial charge on any atom is 0.162 e. The van der Waals surface area contributed by atoms with Gasteiger partial charge in [-0.25, -0.2) is 19.5 Å². The lowest BCUT2D eigenvalue weighted by Crippen LogP contribution is -2.44. The second-order valence-corrected chi connectivity index (χ2v) is 8.58. The Hall–Kier alpha value is -4.65. The fourth-order valence-corrected chi connectivity index (χ4v) is 4.14. The third-order valence-corrected chi connectivity index (χ3v) is 5.96. The van der Waals surface area contributed by atoms with E-state index in [0.717, 1.165) is 32.0 Å². The highest BCUT2D eigenvalue weighted by Gasteiger charge is 2.19. The van der Waals surface area contributed by atoms with E-state index in [9.17, 15) is 0 Å². The number of piperazine rings is 1. The number of hydrogen-bond acceptors (Lipinski definition) is 11. The Balaban J connectivity index is 1.30. The molecule has 5 aromatic rings. The first-order valence-electron chi connectivity index (χ1n) is 11.6. The number of rotatable bonds is 6. The molecule has 0 unspecified atom stereocenters. The summed E-state index contributed by atoms with van der Waals surface area (Å²) >= 11 is 0. The Morgan fingerprint density at radius 3 is 2.56 bits per heavy atom. The SMILES string of the molecule is Cc1nc(Nc2ccc(N3CCN(C)CC3)nn2)cc(-c2c(Nc3ccn[nH]3)nc3cccnn23)n1. The van der Waals surface area contributed by atoms with Gasteiger partial charge in [0.05, 0.1) is 11.9 Å². The number of likely N-dealkylation sites (N-methyl/N-ethyl adjacent to an activating group) is 1. The van der Waals surface area contributed by atoms with Crippen LogP contribution in [0, 0.1) is 6.92 Å². The molecule has 13 nitrogen and oxygen atoms in total. The molecular formula is C23H25N13. The van der Waals surface area contributed by atoms with E-state index in [1.165, 1.54) is 0 Å². The Morgan fingerprint density at radius 1 is 0.889 bits per heavy atom. The largest absolute Gasteiger partial charge is 0.353 e. The first kappa shape index (κ1) is 21.9. The lowest BCUT2D eigenvalue weighted by molar-refractivity contribution is 0.312. The molecule has 1 aliphatic heterocycles. The molecule has 36 heavy (non-hydrogen) atoms. The number of aryl methyl sites for hydroxylation is 1. The van der Waals surface area contributed by atoms with Crippen LogP contribution in [0.4, 0.5) is 29.1 Å². The van der Waals surface area contributed by atoms with Gasteiger partial charge in [0.1, 0.15) is 23.2 Å².